The van der Waals surface area contributed by atoms with Crippen molar-refractivity contribution in [1.29, 1.82) is 0 Å². The molecular weight excluding hydrogens is 326 g/mol. The average Bonchev–Trinajstić information content (AvgIpc) is 3.00. The van der Waals surface area contributed by atoms with Gasteiger partial charge in [0.05, 0.1) is 11.0 Å². The molecule has 0 spiro atoms. The lowest BCUT2D eigenvalue weighted by Crippen LogP contribution is -2.33. The SMILES string of the molecule is CCN(CC)C(=O)Cn1c(COc2ccc(C)cc2)nc2ccccc21. The van der Waals surface area contributed by atoms with E-state index in [-0.39, 0.29) is 12.5 Å². The molecule has 0 bridgehead atoms. The van der Waals surface area contributed by atoms with E-state index >= 15 is 0 Å². The van der Waals surface area contributed by atoms with Gasteiger partial charge in [-0.05, 0) is 45.0 Å². The minimum Gasteiger partial charge on any atom is -0.486 e. The van der Waals surface area contributed by atoms with E-state index in [1.807, 2.05) is 78.8 Å². The van der Waals surface area contributed by atoms with Crippen LogP contribution in [0.15, 0.2) is 48.5 Å². The number of carbonyl (C=O) groups excluding carboxylic acids is 1. The van der Waals surface area contributed by atoms with Gasteiger partial charge in [-0.3, -0.25) is 4.79 Å². The predicted molar refractivity (Wildman–Crippen MR) is 103 cm³/mol. The summed E-state index contributed by atoms with van der Waals surface area (Å²) in [5, 5.41) is 0. The number of aromatic nitrogens is 2. The third-order valence-electron chi connectivity index (χ3n) is 4.53. The van der Waals surface area contributed by atoms with Crippen LogP contribution in [-0.2, 0) is 17.9 Å². The van der Waals surface area contributed by atoms with Crippen molar-refractivity contribution in [2.75, 3.05) is 13.1 Å². The van der Waals surface area contributed by atoms with Crippen LogP contribution in [-0.4, -0.2) is 33.4 Å². The Hall–Kier alpha value is -2.82. The summed E-state index contributed by atoms with van der Waals surface area (Å²) in [4.78, 5) is 19.1. The lowest BCUT2D eigenvalue weighted by Gasteiger charge is -2.20. The Morgan fingerprint density at radius 2 is 1.77 bits per heavy atom. The molecule has 3 aromatic rings. The molecule has 1 amide bonds. The van der Waals surface area contributed by atoms with E-state index in [1.165, 1.54) is 5.56 Å². The molecule has 0 aliphatic rings. The molecule has 0 atom stereocenters. The first kappa shape index (κ1) is 18.0. The molecular formula is C21H25N3O2. The number of para-hydroxylation sites is 2. The standard InChI is InChI=1S/C21H25N3O2/c1-4-23(5-2)21(25)14-24-19-9-7-6-8-18(19)22-20(24)15-26-17-12-10-16(3)11-13-17/h6-13H,4-5,14-15H2,1-3H3. The molecule has 0 N–H and O–H groups in total. The smallest absolute Gasteiger partial charge is 0.242 e. The summed E-state index contributed by atoms with van der Waals surface area (Å²) in [5.41, 5.74) is 3.02. The van der Waals surface area contributed by atoms with E-state index in [4.69, 9.17) is 4.74 Å². The third-order valence-corrected chi connectivity index (χ3v) is 4.53. The van der Waals surface area contributed by atoms with Crippen molar-refractivity contribution < 1.29 is 9.53 Å². The second kappa shape index (κ2) is 8.04. The topological polar surface area (TPSA) is 47.4 Å². The molecule has 0 aliphatic heterocycles. The molecule has 0 aliphatic carbocycles. The summed E-state index contributed by atoms with van der Waals surface area (Å²) in [6.45, 7) is 8.04. The van der Waals surface area contributed by atoms with Crippen LogP contribution >= 0.6 is 0 Å². The van der Waals surface area contributed by atoms with Gasteiger partial charge in [0.1, 0.15) is 24.7 Å². The van der Waals surface area contributed by atoms with E-state index in [0.29, 0.717) is 19.7 Å². The molecule has 0 saturated carbocycles. The van der Waals surface area contributed by atoms with Crippen molar-refractivity contribution in [2.24, 2.45) is 0 Å². The number of nitrogens with zero attached hydrogens (tertiary/aromatic N) is 3. The van der Waals surface area contributed by atoms with Crippen molar-refractivity contribution in [2.45, 2.75) is 33.9 Å². The fourth-order valence-electron chi connectivity index (χ4n) is 3.01. The lowest BCUT2D eigenvalue weighted by molar-refractivity contribution is -0.131. The van der Waals surface area contributed by atoms with Crippen LogP contribution < -0.4 is 4.74 Å². The van der Waals surface area contributed by atoms with Gasteiger partial charge in [-0.2, -0.15) is 0 Å². The normalized spacial score (nSPS) is 10.9. The van der Waals surface area contributed by atoms with Crippen molar-refractivity contribution in [3.63, 3.8) is 0 Å². The molecule has 136 valence electrons. The van der Waals surface area contributed by atoms with Gasteiger partial charge in [0.25, 0.3) is 0 Å². The van der Waals surface area contributed by atoms with Crippen LogP contribution in [0.1, 0.15) is 25.2 Å². The fourth-order valence-corrected chi connectivity index (χ4v) is 3.01. The predicted octanol–water partition coefficient (Wildman–Crippen LogP) is 3.79. The summed E-state index contributed by atoms with van der Waals surface area (Å²) < 4.78 is 7.87. The molecule has 0 saturated heterocycles. The van der Waals surface area contributed by atoms with Gasteiger partial charge < -0.3 is 14.2 Å². The van der Waals surface area contributed by atoms with Gasteiger partial charge in [0, 0.05) is 13.1 Å². The lowest BCUT2D eigenvalue weighted by atomic mass is 10.2. The highest BCUT2D eigenvalue weighted by atomic mass is 16.5. The monoisotopic (exact) mass is 351 g/mol. The maximum absolute atomic E-state index is 12.6. The first-order valence-electron chi connectivity index (χ1n) is 9.03. The molecule has 0 radical (unpaired) electrons. The first-order valence-corrected chi connectivity index (χ1v) is 9.03. The number of carbonyl (C=O) groups is 1. The highest BCUT2D eigenvalue weighted by Gasteiger charge is 2.17. The Morgan fingerprint density at radius 3 is 2.46 bits per heavy atom. The van der Waals surface area contributed by atoms with Gasteiger partial charge in [0.15, 0.2) is 0 Å². The maximum atomic E-state index is 12.6. The summed E-state index contributed by atoms with van der Waals surface area (Å²) in [6.07, 6.45) is 0. The Morgan fingerprint density at radius 1 is 1.08 bits per heavy atom. The van der Waals surface area contributed by atoms with E-state index in [2.05, 4.69) is 4.98 Å². The zero-order valence-electron chi connectivity index (χ0n) is 15.6. The Labute approximate surface area is 154 Å². The number of hydrogen-bond donors (Lipinski definition) is 0. The summed E-state index contributed by atoms with van der Waals surface area (Å²) in [7, 11) is 0. The summed E-state index contributed by atoms with van der Waals surface area (Å²) >= 11 is 0. The van der Waals surface area contributed by atoms with Crippen molar-refractivity contribution >= 4 is 16.9 Å². The van der Waals surface area contributed by atoms with Crippen molar-refractivity contribution in [3.05, 3.63) is 59.9 Å². The zero-order chi connectivity index (χ0) is 18.5. The van der Waals surface area contributed by atoms with Crippen LogP contribution in [0.3, 0.4) is 0 Å². The van der Waals surface area contributed by atoms with Crippen LogP contribution in [0.4, 0.5) is 0 Å². The number of hydrogen-bond acceptors (Lipinski definition) is 3. The average molecular weight is 351 g/mol. The van der Waals surface area contributed by atoms with E-state index in [1.54, 1.807) is 0 Å². The molecule has 3 rings (SSSR count). The number of likely N-dealkylation sites (N-methyl/N-ethyl adjacent to an activating group) is 1. The highest BCUT2D eigenvalue weighted by molar-refractivity contribution is 5.81. The van der Waals surface area contributed by atoms with Gasteiger partial charge in [-0.25, -0.2) is 4.98 Å². The van der Waals surface area contributed by atoms with Crippen LogP contribution in [0.2, 0.25) is 0 Å². The number of aryl methyl sites for hydroxylation is 1. The molecule has 5 heteroatoms. The second-order valence-corrected chi connectivity index (χ2v) is 6.27. The van der Waals surface area contributed by atoms with Crippen molar-refractivity contribution in [1.82, 2.24) is 14.5 Å². The van der Waals surface area contributed by atoms with Crippen LogP contribution in [0.5, 0.6) is 5.75 Å². The third kappa shape index (κ3) is 3.87. The Kier molecular flexibility index (Phi) is 5.56. The number of rotatable bonds is 7. The van der Waals surface area contributed by atoms with Crippen molar-refractivity contribution in [3.8, 4) is 5.75 Å². The molecule has 5 nitrogen and oxygen atoms in total. The number of amides is 1. The van der Waals surface area contributed by atoms with Crippen LogP contribution in [0.25, 0.3) is 11.0 Å². The van der Waals surface area contributed by atoms with Gasteiger partial charge in [-0.15, -0.1) is 0 Å². The zero-order valence-corrected chi connectivity index (χ0v) is 15.6. The van der Waals surface area contributed by atoms with E-state index in [9.17, 15) is 4.79 Å². The minimum absolute atomic E-state index is 0.0924. The second-order valence-electron chi connectivity index (χ2n) is 6.27. The fraction of sp³-hybridized carbons (Fsp3) is 0.333. The maximum Gasteiger partial charge on any atom is 0.242 e. The first-order chi connectivity index (χ1) is 12.6. The van der Waals surface area contributed by atoms with Gasteiger partial charge in [0.2, 0.25) is 5.91 Å². The molecule has 1 aromatic heterocycles. The molecule has 2 aromatic carbocycles. The quantitative estimate of drug-likeness (QED) is 0.651. The molecule has 1 heterocycles. The highest BCUT2D eigenvalue weighted by Crippen LogP contribution is 2.19. The van der Waals surface area contributed by atoms with Gasteiger partial charge in [-0.1, -0.05) is 29.8 Å². The number of benzene rings is 2. The number of fused-ring (bicyclic) bond motifs is 1. The summed E-state index contributed by atoms with van der Waals surface area (Å²) in [5.74, 6) is 1.64. The number of imidazole rings is 1. The van der Waals surface area contributed by atoms with E-state index in [0.717, 1.165) is 22.6 Å². The molecule has 0 unspecified atom stereocenters. The van der Waals surface area contributed by atoms with Crippen LogP contribution in [0, 0.1) is 6.92 Å². The molecule has 26 heavy (non-hydrogen) atoms. The Bertz CT molecular complexity index is 880. The van der Waals surface area contributed by atoms with Gasteiger partial charge >= 0.3 is 0 Å². The summed E-state index contributed by atoms with van der Waals surface area (Å²) in [6, 6.07) is 15.8. The Balaban J connectivity index is 1.86. The van der Waals surface area contributed by atoms with E-state index < -0.39 is 0 Å². The number of ether oxygens (including phenoxy) is 1. The molecule has 0 fully saturated rings. The minimum atomic E-state index is 0.0924. The largest absolute Gasteiger partial charge is 0.486 e.